The summed E-state index contributed by atoms with van der Waals surface area (Å²) in [5.74, 6) is -0.164. The molecule has 0 bridgehead atoms. The largest absolute Gasteiger partial charge is 0.466 e. The first-order chi connectivity index (χ1) is 27.0. The van der Waals surface area contributed by atoms with E-state index in [1.807, 2.05) is 6.08 Å². The highest BCUT2D eigenvalue weighted by Crippen LogP contribution is 2.15. The molecule has 0 aliphatic rings. The molecular formula is C49H93NO5. The van der Waals surface area contributed by atoms with Crippen molar-refractivity contribution in [2.24, 2.45) is 0 Å². The summed E-state index contributed by atoms with van der Waals surface area (Å²) in [5, 5.41) is 23.0. The Morgan fingerprint density at radius 3 is 1.33 bits per heavy atom. The number of allylic oxidation sites excluding steroid dienone is 3. The lowest BCUT2D eigenvalue weighted by Crippen LogP contribution is -2.45. The molecule has 0 aromatic rings. The lowest BCUT2D eigenvalue weighted by atomic mass is 10.0. The fraction of sp³-hybridized carbons (Fsp3) is 0.878. The zero-order valence-electron chi connectivity index (χ0n) is 36.7. The number of hydrogen-bond acceptors (Lipinski definition) is 5. The second-order valence-corrected chi connectivity index (χ2v) is 16.4. The molecule has 6 heteroatoms. The first-order valence-electron chi connectivity index (χ1n) is 24.1. The van der Waals surface area contributed by atoms with Crippen LogP contribution in [0.25, 0.3) is 0 Å². The lowest BCUT2D eigenvalue weighted by molar-refractivity contribution is -0.143. The predicted molar refractivity (Wildman–Crippen MR) is 236 cm³/mol. The van der Waals surface area contributed by atoms with Crippen molar-refractivity contribution in [3.63, 3.8) is 0 Å². The van der Waals surface area contributed by atoms with Gasteiger partial charge in [0.05, 0.1) is 25.4 Å². The van der Waals surface area contributed by atoms with Crippen LogP contribution >= 0.6 is 0 Å². The van der Waals surface area contributed by atoms with Gasteiger partial charge in [0, 0.05) is 12.8 Å². The van der Waals surface area contributed by atoms with E-state index in [0.717, 1.165) is 70.6 Å². The van der Waals surface area contributed by atoms with Crippen molar-refractivity contribution in [2.45, 2.75) is 264 Å². The summed E-state index contributed by atoms with van der Waals surface area (Å²) in [6, 6.07) is -0.664. The number of esters is 1. The highest BCUT2D eigenvalue weighted by Gasteiger charge is 2.17. The number of amides is 1. The van der Waals surface area contributed by atoms with Crippen LogP contribution in [0.15, 0.2) is 24.3 Å². The third-order valence-corrected chi connectivity index (χ3v) is 11.0. The van der Waals surface area contributed by atoms with E-state index in [2.05, 4.69) is 31.3 Å². The summed E-state index contributed by atoms with van der Waals surface area (Å²) in [6.07, 6.45) is 51.7. The lowest BCUT2D eigenvalue weighted by Gasteiger charge is -2.19. The first kappa shape index (κ1) is 53.3. The van der Waals surface area contributed by atoms with Gasteiger partial charge in [0.2, 0.25) is 5.91 Å². The topological polar surface area (TPSA) is 95.9 Å². The molecule has 0 aromatic heterocycles. The maximum Gasteiger partial charge on any atom is 0.305 e. The smallest absolute Gasteiger partial charge is 0.305 e. The second kappa shape index (κ2) is 45.0. The molecule has 0 saturated heterocycles. The normalized spacial score (nSPS) is 12.9. The monoisotopic (exact) mass is 776 g/mol. The summed E-state index contributed by atoms with van der Waals surface area (Å²) in [7, 11) is 0. The van der Waals surface area contributed by atoms with Gasteiger partial charge in [-0.1, -0.05) is 212 Å². The Hall–Kier alpha value is -1.66. The van der Waals surface area contributed by atoms with Crippen molar-refractivity contribution in [3.05, 3.63) is 24.3 Å². The van der Waals surface area contributed by atoms with Crippen LogP contribution in [0.1, 0.15) is 251 Å². The summed E-state index contributed by atoms with van der Waals surface area (Å²) < 4.78 is 5.43. The molecule has 3 N–H and O–H groups in total. The van der Waals surface area contributed by atoms with Crippen LogP contribution in [-0.2, 0) is 14.3 Å². The Kier molecular flexibility index (Phi) is 43.7. The summed E-state index contributed by atoms with van der Waals surface area (Å²) >= 11 is 0. The number of aliphatic hydroxyl groups is 2. The number of carbonyl (C=O) groups is 2. The van der Waals surface area contributed by atoms with Crippen LogP contribution in [0.5, 0.6) is 0 Å². The van der Waals surface area contributed by atoms with Crippen LogP contribution < -0.4 is 5.32 Å². The van der Waals surface area contributed by atoms with Crippen LogP contribution in [0.4, 0.5) is 0 Å². The molecule has 2 atom stereocenters. The van der Waals surface area contributed by atoms with Crippen LogP contribution in [-0.4, -0.2) is 47.4 Å². The molecule has 0 radical (unpaired) electrons. The van der Waals surface area contributed by atoms with E-state index in [0.29, 0.717) is 19.4 Å². The van der Waals surface area contributed by atoms with Gasteiger partial charge in [-0.3, -0.25) is 9.59 Å². The fourth-order valence-corrected chi connectivity index (χ4v) is 7.22. The van der Waals surface area contributed by atoms with Gasteiger partial charge in [0.25, 0.3) is 0 Å². The number of ether oxygens (including phenoxy) is 1. The molecule has 0 aliphatic carbocycles. The number of nitrogens with one attached hydrogen (secondary N) is 1. The van der Waals surface area contributed by atoms with Crippen LogP contribution in [0.3, 0.4) is 0 Å². The van der Waals surface area contributed by atoms with Gasteiger partial charge in [0.15, 0.2) is 0 Å². The summed E-state index contributed by atoms with van der Waals surface area (Å²) in [5.41, 5.74) is 0. The average Bonchev–Trinajstić information content (AvgIpc) is 3.18. The number of hydrogen-bond donors (Lipinski definition) is 3. The van der Waals surface area contributed by atoms with Crippen molar-refractivity contribution < 1.29 is 24.5 Å². The molecule has 0 saturated carbocycles. The Labute approximate surface area is 341 Å². The highest BCUT2D eigenvalue weighted by molar-refractivity contribution is 5.76. The zero-order chi connectivity index (χ0) is 40.1. The van der Waals surface area contributed by atoms with Crippen LogP contribution in [0, 0.1) is 0 Å². The molecule has 0 heterocycles. The molecular weight excluding hydrogens is 683 g/mol. The quantitative estimate of drug-likeness (QED) is 0.0325. The van der Waals surface area contributed by atoms with Gasteiger partial charge in [-0.05, 0) is 51.4 Å². The molecule has 0 rings (SSSR count). The number of rotatable bonds is 44. The minimum absolute atomic E-state index is 0.0362. The second-order valence-electron chi connectivity index (χ2n) is 16.4. The SMILES string of the molecule is CCCCCCCCCCCCCCC/C=C/C(O)C(CO)NC(=O)CCC/C=C\CCCCCCOC(=O)CCCCCCCCCCCCCCCC. The molecule has 0 aliphatic heterocycles. The first-order valence-corrected chi connectivity index (χ1v) is 24.1. The Balaban J connectivity index is 3.58. The van der Waals surface area contributed by atoms with E-state index >= 15 is 0 Å². The molecule has 0 aromatic carbocycles. The van der Waals surface area contributed by atoms with Gasteiger partial charge in [-0.25, -0.2) is 0 Å². The van der Waals surface area contributed by atoms with Crippen molar-refractivity contribution in [2.75, 3.05) is 13.2 Å². The molecule has 2 unspecified atom stereocenters. The number of carbonyl (C=O) groups excluding carboxylic acids is 2. The molecule has 324 valence electrons. The Morgan fingerprint density at radius 2 is 0.873 bits per heavy atom. The van der Waals surface area contributed by atoms with Crippen molar-refractivity contribution >= 4 is 11.9 Å². The third-order valence-electron chi connectivity index (χ3n) is 11.0. The number of aliphatic hydroxyl groups excluding tert-OH is 2. The van der Waals surface area contributed by atoms with Crippen molar-refractivity contribution in [1.82, 2.24) is 5.32 Å². The van der Waals surface area contributed by atoms with Gasteiger partial charge >= 0.3 is 5.97 Å². The average molecular weight is 776 g/mol. The number of unbranched alkanes of at least 4 members (excludes halogenated alkanes) is 31. The third kappa shape index (κ3) is 41.8. The zero-order valence-corrected chi connectivity index (χ0v) is 36.7. The van der Waals surface area contributed by atoms with E-state index in [4.69, 9.17) is 4.74 Å². The van der Waals surface area contributed by atoms with Crippen molar-refractivity contribution in [1.29, 1.82) is 0 Å². The molecule has 1 amide bonds. The van der Waals surface area contributed by atoms with Crippen molar-refractivity contribution in [3.8, 4) is 0 Å². The Morgan fingerprint density at radius 1 is 0.491 bits per heavy atom. The predicted octanol–water partition coefficient (Wildman–Crippen LogP) is 14.0. The molecule has 6 nitrogen and oxygen atoms in total. The molecule has 0 fully saturated rings. The summed E-state index contributed by atoms with van der Waals surface area (Å²) in [6.45, 7) is 4.81. The van der Waals surface area contributed by atoms with Gasteiger partial charge in [-0.15, -0.1) is 0 Å². The minimum atomic E-state index is -0.873. The van der Waals surface area contributed by atoms with Gasteiger partial charge < -0.3 is 20.3 Å². The van der Waals surface area contributed by atoms with Crippen LogP contribution in [0.2, 0.25) is 0 Å². The van der Waals surface area contributed by atoms with E-state index in [1.54, 1.807) is 6.08 Å². The minimum Gasteiger partial charge on any atom is -0.466 e. The molecule has 55 heavy (non-hydrogen) atoms. The summed E-state index contributed by atoms with van der Waals surface area (Å²) in [4.78, 5) is 24.4. The standard InChI is InChI=1S/C49H93NO5/c1-3-5-7-9-11-13-15-17-19-20-22-25-29-33-37-41-47(52)46(45-51)50-48(53)42-38-34-30-26-24-28-32-36-40-44-55-49(54)43-39-35-31-27-23-21-18-16-14-12-10-8-6-4-2/h26,30,37,41,46-47,51-52H,3-25,27-29,31-36,38-40,42-45H2,1-2H3,(H,50,53)/b30-26-,41-37+. The highest BCUT2D eigenvalue weighted by atomic mass is 16.5. The van der Waals surface area contributed by atoms with E-state index in [9.17, 15) is 19.8 Å². The fourth-order valence-electron chi connectivity index (χ4n) is 7.22. The maximum atomic E-state index is 12.4. The van der Waals surface area contributed by atoms with Gasteiger partial charge in [-0.2, -0.15) is 0 Å². The van der Waals surface area contributed by atoms with E-state index in [1.165, 1.54) is 154 Å². The van der Waals surface area contributed by atoms with E-state index in [-0.39, 0.29) is 18.5 Å². The molecule has 0 spiro atoms. The van der Waals surface area contributed by atoms with Gasteiger partial charge in [0.1, 0.15) is 0 Å². The van der Waals surface area contributed by atoms with E-state index < -0.39 is 12.1 Å². The Bertz CT molecular complexity index is 858. The maximum absolute atomic E-state index is 12.4.